The fourth-order valence-corrected chi connectivity index (χ4v) is 1.68. The third-order valence-electron chi connectivity index (χ3n) is 2.48. The standard InChI is InChI=1S/C11H21N3O2/c1-4-6-14-11(9(12)5-7-15-2)10(16-3)8-13-14/h8-9H,4-7,12H2,1-3H3. The summed E-state index contributed by atoms with van der Waals surface area (Å²) in [5.41, 5.74) is 7.07. The smallest absolute Gasteiger partial charge is 0.161 e. The van der Waals surface area contributed by atoms with Gasteiger partial charge in [0.05, 0.1) is 25.0 Å². The van der Waals surface area contributed by atoms with Gasteiger partial charge in [0.1, 0.15) is 0 Å². The molecule has 0 amide bonds. The summed E-state index contributed by atoms with van der Waals surface area (Å²) < 4.78 is 12.2. The first kappa shape index (κ1) is 13.0. The predicted octanol–water partition coefficient (Wildman–Crippen LogP) is 1.34. The second-order valence-corrected chi connectivity index (χ2v) is 3.71. The number of hydrogen-bond acceptors (Lipinski definition) is 4. The maximum atomic E-state index is 6.11. The van der Waals surface area contributed by atoms with Crippen LogP contribution in [0.25, 0.3) is 0 Å². The van der Waals surface area contributed by atoms with Crippen LogP contribution in [0.2, 0.25) is 0 Å². The van der Waals surface area contributed by atoms with Crippen LogP contribution in [0.15, 0.2) is 6.20 Å². The maximum absolute atomic E-state index is 6.11. The van der Waals surface area contributed by atoms with Crippen molar-refractivity contribution >= 4 is 0 Å². The number of aromatic nitrogens is 2. The van der Waals surface area contributed by atoms with E-state index in [0.717, 1.165) is 30.8 Å². The van der Waals surface area contributed by atoms with Gasteiger partial charge in [-0.2, -0.15) is 5.10 Å². The van der Waals surface area contributed by atoms with Crippen molar-refractivity contribution in [3.63, 3.8) is 0 Å². The van der Waals surface area contributed by atoms with E-state index in [4.69, 9.17) is 15.2 Å². The van der Waals surface area contributed by atoms with E-state index in [-0.39, 0.29) is 6.04 Å². The monoisotopic (exact) mass is 227 g/mol. The molecule has 16 heavy (non-hydrogen) atoms. The summed E-state index contributed by atoms with van der Waals surface area (Å²) in [5.74, 6) is 0.761. The third-order valence-corrected chi connectivity index (χ3v) is 2.48. The Bertz CT molecular complexity index is 312. The Morgan fingerprint density at radius 1 is 1.50 bits per heavy atom. The van der Waals surface area contributed by atoms with Crippen molar-refractivity contribution in [1.29, 1.82) is 0 Å². The molecule has 1 unspecified atom stereocenters. The average Bonchev–Trinajstić information content (AvgIpc) is 2.69. The maximum Gasteiger partial charge on any atom is 0.161 e. The highest BCUT2D eigenvalue weighted by Gasteiger charge is 2.17. The lowest BCUT2D eigenvalue weighted by Crippen LogP contribution is -2.18. The van der Waals surface area contributed by atoms with Crippen LogP contribution in [0.3, 0.4) is 0 Å². The van der Waals surface area contributed by atoms with E-state index in [1.165, 1.54) is 0 Å². The summed E-state index contributed by atoms with van der Waals surface area (Å²) in [5, 5.41) is 4.28. The Hall–Kier alpha value is -1.07. The summed E-state index contributed by atoms with van der Waals surface area (Å²) in [6.45, 7) is 3.61. The highest BCUT2D eigenvalue weighted by Crippen LogP contribution is 2.25. The minimum atomic E-state index is -0.0936. The van der Waals surface area contributed by atoms with Crippen LogP contribution in [-0.4, -0.2) is 30.6 Å². The first-order chi connectivity index (χ1) is 7.74. The van der Waals surface area contributed by atoms with Gasteiger partial charge in [-0.15, -0.1) is 0 Å². The van der Waals surface area contributed by atoms with Crippen molar-refractivity contribution in [1.82, 2.24) is 9.78 Å². The summed E-state index contributed by atoms with van der Waals surface area (Å²) in [6.07, 6.45) is 3.51. The molecule has 2 N–H and O–H groups in total. The first-order valence-electron chi connectivity index (χ1n) is 5.58. The molecule has 1 rings (SSSR count). The van der Waals surface area contributed by atoms with E-state index in [1.807, 2.05) is 4.68 Å². The minimum Gasteiger partial charge on any atom is -0.493 e. The molecule has 0 saturated carbocycles. The third kappa shape index (κ3) is 2.96. The fraction of sp³-hybridized carbons (Fsp3) is 0.727. The Morgan fingerprint density at radius 3 is 2.81 bits per heavy atom. The van der Waals surface area contributed by atoms with E-state index >= 15 is 0 Å². The normalized spacial score (nSPS) is 12.8. The van der Waals surface area contributed by atoms with E-state index in [2.05, 4.69) is 12.0 Å². The van der Waals surface area contributed by atoms with Gasteiger partial charge in [-0.25, -0.2) is 0 Å². The van der Waals surface area contributed by atoms with Crippen molar-refractivity contribution in [3.8, 4) is 5.75 Å². The molecule has 92 valence electrons. The van der Waals surface area contributed by atoms with Crippen molar-refractivity contribution in [3.05, 3.63) is 11.9 Å². The Balaban J connectivity index is 2.84. The van der Waals surface area contributed by atoms with Crippen LogP contribution < -0.4 is 10.5 Å². The molecule has 1 aromatic heterocycles. The Labute approximate surface area is 96.5 Å². The highest BCUT2D eigenvalue weighted by atomic mass is 16.5. The molecule has 0 aliphatic carbocycles. The van der Waals surface area contributed by atoms with Gasteiger partial charge in [-0.05, 0) is 12.8 Å². The fourth-order valence-electron chi connectivity index (χ4n) is 1.68. The van der Waals surface area contributed by atoms with Gasteiger partial charge in [-0.1, -0.05) is 6.92 Å². The number of rotatable bonds is 7. The molecule has 0 aliphatic rings. The number of aryl methyl sites for hydroxylation is 1. The van der Waals surface area contributed by atoms with Gasteiger partial charge >= 0.3 is 0 Å². The van der Waals surface area contributed by atoms with Crippen molar-refractivity contribution in [2.24, 2.45) is 5.73 Å². The zero-order valence-electron chi connectivity index (χ0n) is 10.3. The molecular weight excluding hydrogens is 206 g/mol. The van der Waals surface area contributed by atoms with Crippen molar-refractivity contribution < 1.29 is 9.47 Å². The van der Waals surface area contributed by atoms with Crippen LogP contribution in [-0.2, 0) is 11.3 Å². The molecule has 1 aromatic rings. The van der Waals surface area contributed by atoms with Crippen LogP contribution in [0.5, 0.6) is 5.75 Å². The average molecular weight is 227 g/mol. The van der Waals surface area contributed by atoms with E-state index in [1.54, 1.807) is 20.4 Å². The largest absolute Gasteiger partial charge is 0.493 e. The molecule has 1 heterocycles. The van der Waals surface area contributed by atoms with Gasteiger partial charge in [0, 0.05) is 20.3 Å². The van der Waals surface area contributed by atoms with E-state index < -0.39 is 0 Å². The Morgan fingerprint density at radius 2 is 2.25 bits per heavy atom. The molecule has 0 fully saturated rings. The van der Waals surface area contributed by atoms with Crippen molar-refractivity contribution in [2.75, 3.05) is 20.8 Å². The Kier molecular flexibility index (Phi) is 5.28. The SMILES string of the molecule is CCCn1ncc(OC)c1C(N)CCOC. The second-order valence-electron chi connectivity index (χ2n) is 3.71. The lowest BCUT2D eigenvalue weighted by atomic mass is 10.1. The van der Waals surface area contributed by atoms with Crippen LogP contribution in [0, 0.1) is 0 Å². The second kappa shape index (κ2) is 6.50. The van der Waals surface area contributed by atoms with Crippen molar-refractivity contribution in [2.45, 2.75) is 32.4 Å². The van der Waals surface area contributed by atoms with Gasteiger partial charge in [0.2, 0.25) is 0 Å². The van der Waals surface area contributed by atoms with Crippen LogP contribution >= 0.6 is 0 Å². The predicted molar refractivity (Wildman–Crippen MR) is 62.5 cm³/mol. The zero-order valence-corrected chi connectivity index (χ0v) is 10.3. The molecule has 5 heteroatoms. The molecule has 1 atom stereocenters. The molecule has 0 aliphatic heterocycles. The van der Waals surface area contributed by atoms with Crippen LogP contribution in [0.1, 0.15) is 31.5 Å². The lowest BCUT2D eigenvalue weighted by Gasteiger charge is -2.15. The lowest BCUT2D eigenvalue weighted by molar-refractivity contribution is 0.186. The minimum absolute atomic E-state index is 0.0936. The first-order valence-corrected chi connectivity index (χ1v) is 5.58. The number of nitrogens with two attached hydrogens (primary N) is 1. The number of nitrogens with zero attached hydrogens (tertiary/aromatic N) is 2. The van der Waals surface area contributed by atoms with E-state index in [0.29, 0.717) is 6.61 Å². The van der Waals surface area contributed by atoms with Gasteiger partial charge in [-0.3, -0.25) is 4.68 Å². The molecule has 0 bridgehead atoms. The molecule has 0 spiro atoms. The quantitative estimate of drug-likeness (QED) is 0.763. The summed E-state index contributed by atoms with van der Waals surface area (Å²) in [4.78, 5) is 0. The molecular formula is C11H21N3O2. The number of hydrogen-bond donors (Lipinski definition) is 1. The zero-order chi connectivity index (χ0) is 12.0. The van der Waals surface area contributed by atoms with Gasteiger partial charge in [0.15, 0.2) is 5.75 Å². The van der Waals surface area contributed by atoms with E-state index in [9.17, 15) is 0 Å². The summed E-state index contributed by atoms with van der Waals surface area (Å²) in [7, 11) is 3.31. The van der Waals surface area contributed by atoms with Crippen LogP contribution in [0.4, 0.5) is 0 Å². The van der Waals surface area contributed by atoms with Gasteiger partial charge in [0.25, 0.3) is 0 Å². The summed E-state index contributed by atoms with van der Waals surface area (Å²) >= 11 is 0. The highest BCUT2D eigenvalue weighted by molar-refractivity contribution is 5.28. The molecule has 0 aromatic carbocycles. The number of methoxy groups -OCH3 is 2. The topological polar surface area (TPSA) is 62.3 Å². The summed E-state index contributed by atoms with van der Waals surface area (Å²) in [6, 6.07) is -0.0936. The number of ether oxygens (including phenoxy) is 2. The van der Waals surface area contributed by atoms with Gasteiger partial charge < -0.3 is 15.2 Å². The molecule has 0 saturated heterocycles. The molecule has 0 radical (unpaired) electrons. The molecule has 5 nitrogen and oxygen atoms in total.